The molecule has 0 N–H and O–H groups in total. The van der Waals surface area contributed by atoms with E-state index in [1.54, 1.807) is 18.2 Å². The summed E-state index contributed by atoms with van der Waals surface area (Å²) in [6, 6.07) is 16.2. The molecule has 20 heavy (non-hydrogen) atoms. The van der Waals surface area contributed by atoms with Gasteiger partial charge in [0, 0.05) is 11.5 Å². The van der Waals surface area contributed by atoms with Gasteiger partial charge in [0.1, 0.15) is 23.0 Å². The molecule has 0 fully saturated rings. The van der Waals surface area contributed by atoms with Crippen LogP contribution in [0.1, 0.15) is 5.56 Å². The van der Waals surface area contributed by atoms with Gasteiger partial charge < -0.3 is 4.74 Å². The molecule has 3 aromatic rings. The van der Waals surface area contributed by atoms with Crippen molar-refractivity contribution in [1.82, 2.24) is 4.98 Å². The molecule has 1 aromatic heterocycles. The van der Waals surface area contributed by atoms with E-state index in [1.165, 1.54) is 6.07 Å². The SMILES string of the molecule is Fc1cc(OCc2ccccc2)cc2ccc(Cl)nc12. The van der Waals surface area contributed by atoms with Crippen LogP contribution in [0.3, 0.4) is 0 Å². The third-order valence-corrected chi connectivity index (χ3v) is 3.14. The first-order valence-corrected chi connectivity index (χ1v) is 6.53. The van der Waals surface area contributed by atoms with Crippen LogP contribution in [0.5, 0.6) is 5.75 Å². The van der Waals surface area contributed by atoms with Crippen molar-refractivity contribution in [1.29, 1.82) is 0 Å². The fourth-order valence-electron chi connectivity index (χ4n) is 1.97. The van der Waals surface area contributed by atoms with Crippen molar-refractivity contribution >= 4 is 22.5 Å². The molecule has 0 aliphatic heterocycles. The number of hydrogen-bond donors (Lipinski definition) is 0. The summed E-state index contributed by atoms with van der Waals surface area (Å²) < 4.78 is 19.6. The van der Waals surface area contributed by atoms with Crippen LogP contribution in [0.4, 0.5) is 4.39 Å². The maximum Gasteiger partial charge on any atom is 0.153 e. The second kappa shape index (κ2) is 5.47. The molecule has 4 heteroatoms. The first-order valence-electron chi connectivity index (χ1n) is 6.15. The van der Waals surface area contributed by atoms with Crippen molar-refractivity contribution in [2.45, 2.75) is 6.61 Å². The number of hydrogen-bond acceptors (Lipinski definition) is 2. The van der Waals surface area contributed by atoms with Gasteiger partial charge in [0.2, 0.25) is 0 Å². The Bertz CT molecular complexity index is 746. The fourth-order valence-corrected chi connectivity index (χ4v) is 2.11. The minimum Gasteiger partial charge on any atom is -0.489 e. The molecule has 0 atom stereocenters. The van der Waals surface area contributed by atoms with Crippen molar-refractivity contribution in [2.24, 2.45) is 0 Å². The minimum atomic E-state index is -0.437. The number of rotatable bonds is 3. The lowest BCUT2D eigenvalue weighted by atomic mass is 10.2. The van der Waals surface area contributed by atoms with E-state index >= 15 is 0 Å². The van der Waals surface area contributed by atoms with E-state index in [2.05, 4.69) is 4.98 Å². The van der Waals surface area contributed by atoms with Crippen LogP contribution in [-0.2, 0) is 6.61 Å². The third-order valence-electron chi connectivity index (χ3n) is 2.93. The van der Waals surface area contributed by atoms with Crippen LogP contribution in [0.25, 0.3) is 10.9 Å². The van der Waals surface area contributed by atoms with Crippen LogP contribution in [0.15, 0.2) is 54.6 Å². The maximum atomic E-state index is 14.0. The molecule has 100 valence electrons. The topological polar surface area (TPSA) is 22.1 Å². The smallest absolute Gasteiger partial charge is 0.153 e. The minimum absolute atomic E-state index is 0.254. The van der Waals surface area contributed by atoms with Crippen LogP contribution < -0.4 is 4.74 Å². The van der Waals surface area contributed by atoms with E-state index in [-0.39, 0.29) is 10.7 Å². The van der Waals surface area contributed by atoms with Crippen LogP contribution in [0.2, 0.25) is 5.15 Å². The normalized spacial score (nSPS) is 10.7. The Morgan fingerprint density at radius 2 is 1.85 bits per heavy atom. The highest BCUT2D eigenvalue weighted by Gasteiger charge is 2.07. The molecule has 3 rings (SSSR count). The number of aromatic nitrogens is 1. The summed E-state index contributed by atoms with van der Waals surface area (Å²) in [6.45, 7) is 0.396. The second-order valence-electron chi connectivity index (χ2n) is 4.39. The summed E-state index contributed by atoms with van der Waals surface area (Å²) in [5.41, 5.74) is 1.28. The van der Waals surface area contributed by atoms with Gasteiger partial charge in [0.15, 0.2) is 5.82 Å². The standard InChI is InChI=1S/C16H11ClFNO/c17-15-7-6-12-8-13(9-14(18)16(12)19-15)20-10-11-4-2-1-3-5-11/h1-9H,10H2. The number of benzene rings is 2. The van der Waals surface area contributed by atoms with Crippen molar-refractivity contribution in [2.75, 3.05) is 0 Å². The van der Waals surface area contributed by atoms with Gasteiger partial charge >= 0.3 is 0 Å². The molecule has 0 unspecified atom stereocenters. The van der Waals surface area contributed by atoms with Gasteiger partial charge in [-0.15, -0.1) is 0 Å². The summed E-state index contributed by atoms with van der Waals surface area (Å²) in [5, 5.41) is 0.937. The highest BCUT2D eigenvalue weighted by molar-refractivity contribution is 6.29. The Morgan fingerprint density at radius 1 is 1.05 bits per heavy atom. The highest BCUT2D eigenvalue weighted by atomic mass is 35.5. The Morgan fingerprint density at radius 3 is 2.65 bits per heavy atom. The van der Waals surface area contributed by atoms with Gasteiger partial charge in [-0.1, -0.05) is 41.9 Å². The molecule has 0 aliphatic carbocycles. The number of nitrogens with zero attached hydrogens (tertiary/aromatic N) is 1. The van der Waals surface area contributed by atoms with Crippen molar-refractivity contribution < 1.29 is 9.13 Å². The molecule has 2 aromatic carbocycles. The van der Waals surface area contributed by atoms with E-state index in [4.69, 9.17) is 16.3 Å². The first kappa shape index (κ1) is 12.9. The summed E-state index contributed by atoms with van der Waals surface area (Å²) in [7, 11) is 0. The van der Waals surface area contributed by atoms with Crippen molar-refractivity contribution in [3.8, 4) is 5.75 Å². The van der Waals surface area contributed by atoms with Crippen LogP contribution in [0, 0.1) is 5.82 Å². The molecule has 0 amide bonds. The zero-order valence-electron chi connectivity index (χ0n) is 10.5. The van der Waals surface area contributed by atoms with E-state index in [1.807, 2.05) is 30.3 Å². The summed E-state index contributed by atoms with van der Waals surface area (Å²) in [6.07, 6.45) is 0. The number of halogens is 2. The average Bonchev–Trinajstić information content (AvgIpc) is 2.47. The first-order chi connectivity index (χ1) is 9.72. The molecular formula is C16H11ClFNO. The summed E-state index contributed by atoms with van der Waals surface area (Å²) in [5.74, 6) is 0.0380. The van der Waals surface area contributed by atoms with E-state index in [9.17, 15) is 4.39 Å². The molecule has 0 radical (unpaired) electrons. The highest BCUT2D eigenvalue weighted by Crippen LogP contribution is 2.25. The predicted molar refractivity (Wildman–Crippen MR) is 77.5 cm³/mol. The van der Waals surface area contributed by atoms with Gasteiger partial charge in [-0.3, -0.25) is 0 Å². The Balaban J connectivity index is 1.87. The van der Waals surface area contributed by atoms with Gasteiger partial charge in [0.05, 0.1) is 0 Å². The number of fused-ring (bicyclic) bond motifs is 1. The number of ether oxygens (including phenoxy) is 1. The van der Waals surface area contributed by atoms with E-state index < -0.39 is 5.82 Å². The van der Waals surface area contributed by atoms with Crippen molar-refractivity contribution in [3.63, 3.8) is 0 Å². The molecule has 0 saturated heterocycles. The lowest BCUT2D eigenvalue weighted by molar-refractivity contribution is 0.305. The fraction of sp³-hybridized carbons (Fsp3) is 0.0625. The molecule has 0 spiro atoms. The summed E-state index contributed by atoms with van der Waals surface area (Å²) in [4.78, 5) is 3.97. The van der Waals surface area contributed by atoms with Gasteiger partial charge in [-0.2, -0.15) is 0 Å². The lowest BCUT2D eigenvalue weighted by Crippen LogP contribution is -1.96. The zero-order chi connectivity index (χ0) is 13.9. The number of pyridine rings is 1. The molecule has 1 heterocycles. The van der Waals surface area contributed by atoms with Crippen LogP contribution in [-0.4, -0.2) is 4.98 Å². The van der Waals surface area contributed by atoms with Crippen LogP contribution >= 0.6 is 11.6 Å². The Labute approximate surface area is 120 Å². The Hall–Kier alpha value is -2.13. The lowest BCUT2D eigenvalue weighted by Gasteiger charge is -2.08. The molecular weight excluding hydrogens is 277 g/mol. The van der Waals surface area contributed by atoms with Crippen molar-refractivity contribution in [3.05, 3.63) is 71.1 Å². The molecule has 0 bridgehead atoms. The average molecular weight is 288 g/mol. The van der Waals surface area contributed by atoms with E-state index in [0.29, 0.717) is 17.7 Å². The van der Waals surface area contributed by atoms with E-state index in [0.717, 1.165) is 5.56 Å². The molecule has 0 saturated carbocycles. The second-order valence-corrected chi connectivity index (χ2v) is 4.77. The molecule has 2 nitrogen and oxygen atoms in total. The quantitative estimate of drug-likeness (QED) is 0.657. The monoisotopic (exact) mass is 287 g/mol. The van der Waals surface area contributed by atoms with Gasteiger partial charge in [0.25, 0.3) is 0 Å². The molecule has 0 aliphatic rings. The zero-order valence-corrected chi connectivity index (χ0v) is 11.3. The third kappa shape index (κ3) is 2.73. The summed E-state index contributed by atoms with van der Waals surface area (Å²) >= 11 is 5.76. The Kier molecular flexibility index (Phi) is 3.52. The van der Waals surface area contributed by atoms with Gasteiger partial charge in [-0.05, 0) is 23.8 Å². The predicted octanol–water partition coefficient (Wildman–Crippen LogP) is 4.61. The van der Waals surface area contributed by atoms with Gasteiger partial charge in [-0.25, -0.2) is 9.37 Å². The largest absolute Gasteiger partial charge is 0.489 e. The maximum absolute atomic E-state index is 14.0.